The summed E-state index contributed by atoms with van der Waals surface area (Å²) in [6.45, 7) is 1.19. The van der Waals surface area contributed by atoms with Crippen molar-refractivity contribution in [2.24, 2.45) is 0 Å². The highest BCUT2D eigenvalue weighted by molar-refractivity contribution is 5.76. The van der Waals surface area contributed by atoms with Gasteiger partial charge in [0, 0.05) is 34.7 Å². The molecule has 1 heterocycles. The Morgan fingerprint density at radius 3 is 2.52 bits per heavy atom. The second kappa shape index (κ2) is 6.62. The van der Waals surface area contributed by atoms with Crippen LogP contribution in [0.15, 0.2) is 0 Å². The van der Waals surface area contributed by atoms with Gasteiger partial charge in [-0.15, -0.1) is 0 Å². The molecule has 0 radical (unpaired) electrons. The number of morpholine rings is 1. The normalized spacial score (nSPS) is 28.2. The van der Waals surface area contributed by atoms with Crippen molar-refractivity contribution in [1.29, 1.82) is 0 Å². The van der Waals surface area contributed by atoms with E-state index in [1.807, 2.05) is 4.90 Å². The Kier molecular flexibility index (Phi) is 5.05. The third kappa shape index (κ3) is 3.47. The standard InChI is InChI=1S/C14H25N3O4/c1-15(2)12(18)9-21-11-6-5-10-13(11)20-8-7-17(10)14(19)16(3)4/h10-11,13H,5-9H2,1-4H3/t10-,11+,13+/m1/s1. The fourth-order valence-electron chi connectivity index (χ4n) is 2.90. The quantitative estimate of drug-likeness (QED) is 0.736. The molecule has 1 aliphatic heterocycles. The van der Waals surface area contributed by atoms with E-state index < -0.39 is 0 Å². The first kappa shape index (κ1) is 16.0. The van der Waals surface area contributed by atoms with Gasteiger partial charge in [0.2, 0.25) is 5.91 Å². The van der Waals surface area contributed by atoms with E-state index in [9.17, 15) is 9.59 Å². The number of likely N-dealkylation sites (N-methyl/N-ethyl adjacent to an activating group) is 1. The Balaban J connectivity index is 1.95. The van der Waals surface area contributed by atoms with Crippen LogP contribution in [0, 0.1) is 0 Å². The lowest BCUT2D eigenvalue weighted by Gasteiger charge is -2.40. The molecule has 0 N–H and O–H groups in total. The first-order valence-corrected chi connectivity index (χ1v) is 7.33. The molecule has 3 amide bonds. The molecule has 0 aromatic rings. The van der Waals surface area contributed by atoms with Gasteiger partial charge in [0.15, 0.2) is 0 Å². The van der Waals surface area contributed by atoms with Crippen molar-refractivity contribution in [1.82, 2.24) is 14.7 Å². The molecule has 1 aliphatic carbocycles. The third-order valence-corrected chi connectivity index (χ3v) is 4.08. The molecule has 0 spiro atoms. The number of rotatable bonds is 3. The van der Waals surface area contributed by atoms with E-state index in [0.29, 0.717) is 13.2 Å². The highest BCUT2D eigenvalue weighted by Gasteiger charge is 2.45. The predicted molar refractivity (Wildman–Crippen MR) is 77.0 cm³/mol. The van der Waals surface area contributed by atoms with Crippen LogP contribution in [0.1, 0.15) is 12.8 Å². The van der Waals surface area contributed by atoms with E-state index in [0.717, 1.165) is 12.8 Å². The topological polar surface area (TPSA) is 62.3 Å². The molecule has 2 fully saturated rings. The number of carbonyl (C=O) groups excluding carboxylic acids is 2. The second-order valence-corrected chi connectivity index (χ2v) is 5.99. The maximum Gasteiger partial charge on any atom is 0.319 e. The van der Waals surface area contributed by atoms with Crippen LogP contribution in [0.3, 0.4) is 0 Å². The summed E-state index contributed by atoms with van der Waals surface area (Å²) in [5.41, 5.74) is 0. The number of hydrogen-bond acceptors (Lipinski definition) is 4. The van der Waals surface area contributed by atoms with Gasteiger partial charge in [-0.1, -0.05) is 0 Å². The molecule has 2 rings (SSSR count). The van der Waals surface area contributed by atoms with Crippen molar-refractivity contribution in [3.63, 3.8) is 0 Å². The zero-order valence-electron chi connectivity index (χ0n) is 13.2. The molecule has 1 saturated heterocycles. The van der Waals surface area contributed by atoms with Crippen molar-refractivity contribution >= 4 is 11.9 Å². The van der Waals surface area contributed by atoms with Gasteiger partial charge in [0.25, 0.3) is 0 Å². The summed E-state index contributed by atoms with van der Waals surface area (Å²) in [7, 11) is 6.92. The smallest absolute Gasteiger partial charge is 0.319 e. The molecule has 3 atom stereocenters. The van der Waals surface area contributed by atoms with E-state index in [1.54, 1.807) is 33.1 Å². The van der Waals surface area contributed by atoms with Crippen molar-refractivity contribution in [2.75, 3.05) is 47.9 Å². The van der Waals surface area contributed by atoms with Crippen molar-refractivity contribution in [3.8, 4) is 0 Å². The lowest BCUT2D eigenvalue weighted by Crippen LogP contribution is -2.56. The number of ether oxygens (including phenoxy) is 2. The lowest BCUT2D eigenvalue weighted by molar-refractivity contribution is -0.142. The Morgan fingerprint density at radius 2 is 1.90 bits per heavy atom. The number of urea groups is 1. The zero-order valence-corrected chi connectivity index (χ0v) is 13.2. The van der Waals surface area contributed by atoms with Gasteiger partial charge in [-0.3, -0.25) is 4.79 Å². The van der Waals surface area contributed by atoms with E-state index in [1.165, 1.54) is 4.90 Å². The van der Waals surface area contributed by atoms with Crippen molar-refractivity contribution in [2.45, 2.75) is 31.1 Å². The Labute approximate surface area is 125 Å². The maximum absolute atomic E-state index is 12.2. The number of fused-ring (bicyclic) bond motifs is 1. The minimum atomic E-state index is -0.127. The van der Waals surface area contributed by atoms with Gasteiger partial charge < -0.3 is 24.2 Å². The van der Waals surface area contributed by atoms with Crippen LogP contribution in [0.2, 0.25) is 0 Å². The molecule has 0 unspecified atom stereocenters. The average Bonchev–Trinajstić information content (AvgIpc) is 2.86. The first-order valence-electron chi connectivity index (χ1n) is 7.33. The Bertz CT molecular complexity index is 400. The van der Waals surface area contributed by atoms with E-state index in [4.69, 9.17) is 9.47 Å². The highest BCUT2D eigenvalue weighted by atomic mass is 16.5. The monoisotopic (exact) mass is 299 g/mol. The second-order valence-electron chi connectivity index (χ2n) is 5.99. The number of amides is 3. The summed E-state index contributed by atoms with van der Waals surface area (Å²) in [4.78, 5) is 28.8. The summed E-state index contributed by atoms with van der Waals surface area (Å²) in [5.74, 6) is -0.0597. The van der Waals surface area contributed by atoms with Gasteiger partial charge >= 0.3 is 6.03 Å². The molecular weight excluding hydrogens is 274 g/mol. The van der Waals surface area contributed by atoms with Crippen LogP contribution in [0.25, 0.3) is 0 Å². The van der Waals surface area contributed by atoms with Crippen LogP contribution < -0.4 is 0 Å². The lowest BCUT2D eigenvalue weighted by atomic mass is 10.1. The van der Waals surface area contributed by atoms with E-state index in [2.05, 4.69) is 0 Å². The SMILES string of the molecule is CN(C)C(=O)CO[C@H]1CC[C@@H]2[C@@H]1OCCN2C(=O)N(C)C. The van der Waals surface area contributed by atoms with Crippen LogP contribution in [-0.2, 0) is 14.3 Å². The van der Waals surface area contributed by atoms with Gasteiger partial charge in [-0.05, 0) is 12.8 Å². The largest absolute Gasteiger partial charge is 0.372 e. The van der Waals surface area contributed by atoms with Gasteiger partial charge in [-0.25, -0.2) is 4.79 Å². The molecule has 7 nitrogen and oxygen atoms in total. The average molecular weight is 299 g/mol. The molecule has 21 heavy (non-hydrogen) atoms. The number of carbonyl (C=O) groups is 2. The molecule has 7 heteroatoms. The van der Waals surface area contributed by atoms with Gasteiger partial charge in [0.1, 0.15) is 12.7 Å². The fraction of sp³-hybridized carbons (Fsp3) is 0.857. The predicted octanol–water partition coefficient (Wildman–Crippen LogP) is 0.00460. The molecule has 120 valence electrons. The third-order valence-electron chi connectivity index (χ3n) is 4.08. The van der Waals surface area contributed by atoms with Gasteiger partial charge in [0.05, 0.1) is 18.8 Å². The Morgan fingerprint density at radius 1 is 1.19 bits per heavy atom. The van der Waals surface area contributed by atoms with Crippen LogP contribution in [-0.4, -0.2) is 92.8 Å². The first-order chi connectivity index (χ1) is 9.91. The van der Waals surface area contributed by atoms with Crippen molar-refractivity contribution < 1.29 is 19.1 Å². The van der Waals surface area contributed by atoms with E-state index >= 15 is 0 Å². The van der Waals surface area contributed by atoms with Gasteiger partial charge in [-0.2, -0.15) is 0 Å². The van der Waals surface area contributed by atoms with Crippen molar-refractivity contribution in [3.05, 3.63) is 0 Å². The molecule has 0 aromatic heterocycles. The zero-order chi connectivity index (χ0) is 15.6. The summed E-state index contributed by atoms with van der Waals surface area (Å²) in [6, 6.07) is 0.0615. The molecule has 0 aromatic carbocycles. The van der Waals surface area contributed by atoms with Crippen LogP contribution in [0.4, 0.5) is 4.79 Å². The number of nitrogens with zero attached hydrogens (tertiary/aromatic N) is 3. The molecule has 2 aliphatic rings. The minimum absolute atomic E-state index is 0.0123. The maximum atomic E-state index is 12.2. The summed E-state index contributed by atoms with van der Waals surface area (Å²) in [6.07, 6.45) is 1.42. The minimum Gasteiger partial charge on any atom is -0.372 e. The summed E-state index contributed by atoms with van der Waals surface area (Å²) >= 11 is 0. The molecule has 0 bridgehead atoms. The Hall–Kier alpha value is -1.34. The fourth-order valence-corrected chi connectivity index (χ4v) is 2.90. The van der Waals surface area contributed by atoms with Crippen LogP contribution >= 0.6 is 0 Å². The molecular formula is C14H25N3O4. The summed E-state index contributed by atoms with van der Waals surface area (Å²) in [5, 5.41) is 0. The van der Waals surface area contributed by atoms with E-state index in [-0.39, 0.29) is 36.8 Å². The van der Waals surface area contributed by atoms with Crippen LogP contribution in [0.5, 0.6) is 0 Å². The molecule has 1 saturated carbocycles. The highest BCUT2D eigenvalue weighted by Crippen LogP contribution is 2.32. The summed E-state index contributed by atoms with van der Waals surface area (Å²) < 4.78 is 11.5. The number of hydrogen-bond donors (Lipinski definition) is 0.